The van der Waals surface area contributed by atoms with E-state index in [0.717, 1.165) is 6.08 Å². The summed E-state index contributed by atoms with van der Waals surface area (Å²) in [5.41, 5.74) is -0.923. The summed E-state index contributed by atoms with van der Waals surface area (Å²) in [4.78, 5) is 0. The van der Waals surface area contributed by atoms with Crippen molar-refractivity contribution in [2.75, 3.05) is 13.6 Å². The maximum absolute atomic E-state index is 12.4. The molecule has 0 aromatic rings. The summed E-state index contributed by atoms with van der Waals surface area (Å²) in [6.45, 7) is 6.54. The molecule has 0 aromatic heterocycles. The molecule has 0 aromatic carbocycles. The lowest BCUT2D eigenvalue weighted by molar-refractivity contribution is -0.0894. The predicted molar refractivity (Wildman–Crippen MR) is 52.2 cm³/mol. The SMILES string of the molecule is C=C(Cl)/C=C(\C(=C)CNC)C(F)(F)F. The first-order valence-electron chi connectivity index (χ1n) is 3.75. The third kappa shape index (κ3) is 4.48. The average molecular weight is 226 g/mol. The number of alkyl halides is 3. The van der Waals surface area contributed by atoms with E-state index in [4.69, 9.17) is 11.6 Å². The molecule has 0 rings (SSSR count). The van der Waals surface area contributed by atoms with Crippen molar-refractivity contribution in [2.45, 2.75) is 6.18 Å². The first-order chi connectivity index (χ1) is 6.29. The van der Waals surface area contributed by atoms with Gasteiger partial charge in [0.25, 0.3) is 0 Å². The summed E-state index contributed by atoms with van der Waals surface area (Å²) in [5.74, 6) is 0. The molecule has 0 atom stereocenters. The van der Waals surface area contributed by atoms with Gasteiger partial charge < -0.3 is 5.32 Å². The van der Waals surface area contributed by atoms with Crippen LogP contribution in [0.5, 0.6) is 0 Å². The highest BCUT2D eigenvalue weighted by Crippen LogP contribution is 2.31. The fraction of sp³-hybridized carbons (Fsp3) is 0.333. The zero-order valence-electron chi connectivity index (χ0n) is 7.71. The Balaban J connectivity index is 4.93. The van der Waals surface area contributed by atoms with Crippen LogP contribution in [0.2, 0.25) is 0 Å². The molecule has 0 aliphatic carbocycles. The molecular formula is C9H11ClF3N. The second-order valence-electron chi connectivity index (χ2n) is 2.64. The molecule has 0 aliphatic heterocycles. The zero-order valence-corrected chi connectivity index (χ0v) is 8.47. The number of nitrogens with one attached hydrogen (secondary N) is 1. The van der Waals surface area contributed by atoms with Crippen molar-refractivity contribution in [2.24, 2.45) is 0 Å². The van der Waals surface area contributed by atoms with Crippen molar-refractivity contribution < 1.29 is 13.2 Å². The summed E-state index contributed by atoms with van der Waals surface area (Å²) < 4.78 is 37.2. The van der Waals surface area contributed by atoms with Gasteiger partial charge >= 0.3 is 6.18 Å². The minimum absolute atomic E-state index is 0.0511. The molecule has 0 unspecified atom stereocenters. The molecule has 0 fully saturated rings. The van der Waals surface area contributed by atoms with E-state index in [1.165, 1.54) is 7.05 Å². The lowest BCUT2D eigenvalue weighted by Crippen LogP contribution is -2.20. The Labute approximate surface area is 85.9 Å². The van der Waals surface area contributed by atoms with Crippen LogP contribution < -0.4 is 5.32 Å². The van der Waals surface area contributed by atoms with E-state index >= 15 is 0 Å². The van der Waals surface area contributed by atoms with Gasteiger partial charge in [0.15, 0.2) is 0 Å². The van der Waals surface area contributed by atoms with Crippen LogP contribution in [0.25, 0.3) is 0 Å². The quantitative estimate of drug-likeness (QED) is 0.726. The van der Waals surface area contributed by atoms with Crippen LogP contribution >= 0.6 is 11.6 Å². The Bertz CT molecular complexity index is 266. The van der Waals surface area contributed by atoms with E-state index in [2.05, 4.69) is 18.5 Å². The van der Waals surface area contributed by atoms with Crippen LogP contribution in [0.4, 0.5) is 13.2 Å². The highest BCUT2D eigenvalue weighted by atomic mass is 35.5. The Kier molecular flexibility index (Phi) is 4.94. The van der Waals surface area contributed by atoms with Gasteiger partial charge in [0.05, 0.1) is 5.57 Å². The molecule has 0 radical (unpaired) electrons. The van der Waals surface area contributed by atoms with Gasteiger partial charge in [0, 0.05) is 11.6 Å². The van der Waals surface area contributed by atoms with Gasteiger partial charge in [-0.05, 0) is 18.7 Å². The molecule has 0 aliphatic rings. The number of likely N-dealkylation sites (N-methyl/N-ethyl adjacent to an activating group) is 1. The molecule has 0 amide bonds. The van der Waals surface area contributed by atoms with Gasteiger partial charge in [-0.15, -0.1) is 0 Å². The van der Waals surface area contributed by atoms with Crippen molar-refractivity contribution in [1.29, 1.82) is 0 Å². The van der Waals surface area contributed by atoms with E-state index in [1.807, 2.05) is 0 Å². The molecule has 0 saturated heterocycles. The fourth-order valence-electron chi connectivity index (χ4n) is 0.850. The zero-order chi connectivity index (χ0) is 11.4. The number of hydrogen-bond donors (Lipinski definition) is 1. The highest BCUT2D eigenvalue weighted by molar-refractivity contribution is 6.30. The van der Waals surface area contributed by atoms with Crippen molar-refractivity contribution >= 4 is 11.6 Å². The molecule has 5 heteroatoms. The maximum atomic E-state index is 12.4. The summed E-state index contributed by atoms with van der Waals surface area (Å²) >= 11 is 5.29. The lowest BCUT2D eigenvalue weighted by Gasteiger charge is -2.13. The van der Waals surface area contributed by atoms with Gasteiger partial charge in [-0.1, -0.05) is 24.8 Å². The van der Waals surface area contributed by atoms with E-state index in [0.29, 0.717) is 0 Å². The Morgan fingerprint density at radius 2 is 1.93 bits per heavy atom. The second-order valence-corrected chi connectivity index (χ2v) is 3.12. The van der Waals surface area contributed by atoms with Crippen molar-refractivity contribution in [3.63, 3.8) is 0 Å². The Hall–Kier alpha value is -0.740. The fourth-order valence-corrected chi connectivity index (χ4v) is 0.959. The van der Waals surface area contributed by atoms with Crippen LogP contribution in [-0.4, -0.2) is 19.8 Å². The highest BCUT2D eigenvalue weighted by Gasteiger charge is 2.34. The number of hydrogen-bond acceptors (Lipinski definition) is 1. The van der Waals surface area contributed by atoms with Gasteiger partial charge in [0.1, 0.15) is 0 Å². The van der Waals surface area contributed by atoms with Crippen molar-refractivity contribution in [3.8, 4) is 0 Å². The Morgan fingerprint density at radius 1 is 1.43 bits per heavy atom. The molecule has 80 valence electrons. The molecule has 0 saturated carbocycles. The molecule has 0 heterocycles. The van der Waals surface area contributed by atoms with Crippen LogP contribution in [0.15, 0.2) is 35.4 Å². The Morgan fingerprint density at radius 3 is 2.21 bits per heavy atom. The lowest BCUT2D eigenvalue weighted by atomic mass is 10.1. The van der Waals surface area contributed by atoms with E-state index < -0.39 is 11.7 Å². The predicted octanol–water partition coefficient (Wildman–Crippen LogP) is 3.00. The largest absolute Gasteiger partial charge is 0.416 e. The van der Waals surface area contributed by atoms with E-state index in [-0.39, 0.29) is 17.2 Å². The molecule has 14 heavy (non-hydrogen) atoms. The summed E-state index contributed by atoms with van der Waals surface area (Å²) in [6.07, 6.45) is -3.69. The van der Waals surface area contributed by atoms with Crippen LogP contribution in [0.1, 0.15) is 0 Å². The minimum Gasteiger partial charge on any atom is -0.316 e. The topological polar surface area (TPSA) is 12.0 Å². The first kappa shape index (κ1) is 13.3. The molecule has 1 nitrogen and oxygen atoms in total. The summed E-state index contributed by atoms with van der Waals surface area (Å²) in [7, 11) is 1.54. The van der Waals surface area contributed by atoms with Crippen molar-refractivity contribution in [1.82, 2.24) is 5.32 Å². The van der Waals surface area contributed by atoms with Gasteiger partial charge in [0.2, 0.25) is 0 Å². The normalized spacial score (nSPS) is 12.8. The first-order valence-corrected chi connectivity index (χ1v) is 4.13. The van der Waals surface area contributed by atoms with Crippen molar-refractivity contribution in [3.05, 3.63) is 35.4 Å². The monoisotopic (exact) mass is 225 g/mol. The minimum atomic E-state index is -4.45. The number of halogens is 4. The third-order valence-corrected chi connectivity index (χ3v) is 1.49. The average Bonchev–Trinajstić information content (AvgIpc) is 1.98. The number of rotatable bonds is 4. The maximum Gasteiger partial charge on any atom is 0.416 e. The van der Waals surface area contributed by atoms with Gasteiger partial charge in [-0.25, -0.2) is 0 Å². The molecular weight excluding hydrogens is 215 g/mol. The molecule has 1 N–H and O–H groups in total. The van der Waals surface area contributed by atoms with Crippen LogP contribution in [0, 0.1) is 0 Å². The van der Waals surface area contributed by atoms with Gasteiger partial charge in [-0.3, -0.25) is 0 Å². The summed E-state index contributed by atoms with van der Waals surface area (Å²) in [5, 5.41) is 2.41. The third-order valence-electron chi connectivity index (χ3n) is 1.38. The number of allylic oxidation sites excluding steroid dienone is 2. The van der Waals surface area contributed by atoms with Crippen LogP contribution in [-0.2, 0) is 0 Å². The van der Waals surface area contributed by atoms with Gasteiger partial charge in [-0.2, -0.15) is 13.2 Å². The van der Waals surface area contributed by atoms with Crippen LogP contribution in [0.3, 0.4) is 0 Å². The molecule has 0 bridgehead atoms. The van der Waals surface area contributed by atoms with E-state index in [1.54, 1.807) is 0 Å². The molecule has 0 spiro atoms. The van der Waals surface area contributed by atoms with E-state index in [9.17, 15) is 13.2 Å². The summed E-state index contributed by atoms with van der Waals surface area (Å²) in [6, 6.07) is 0. The smallest absolute Gasteiger partial charge is 0.316 e. The second kappa shape index (κ2) is 5.22. The standard InChI is InChI=1S/C9H11ClF3N/c1-6(5-14-3)8(4-7(2)10)9(11,12)13/h4,14H,1-2,5H2,3H3/b8-4+.